The summed E-state index contributed by atoms with van der Waals surface area (Å²) in [6.45, 7) is 3.40. The molecule has 126 valence electrons. The molecule has 0 fully saturated rings. The minimum Gasteiger partial charge on any atom is -0.496 e. The number of hydrogen-bond donors (Lipinski definition) is 0. The van der Waals surface area contributed by atoms with Crippen LogP contribution in [0.25, 0.3) is 0 Å². The minimum absolute atomic E-state index is 0.0437. The second-order valence-corrected chi connectivity index (χ2v) is 5.95. The van der Waals surface area contributed by atoms with Gasteiger partial charge >= 0.3 is 5.97 Å². The van der Waals surface area contributed by atoms with Crippen molar-refractivity contribution in [1.29, 1.82) is 0 Å². The summed E-state index contributed by atoms with van der Waals surface area (Å²) in [7, 11) is 1.48. The molecule has 0 unspecified atom stereocenters. The number of aryl methyl sites for hydroxylation is 2. The average Bonchev–Trinajstić information content (AvgIpc) is 2.57. The van der Waals surface area contributed by atoms with Crippen molar-refractivity contribution in [3.8, 4) is 5.75 Å². The van der Waals surface area contributed by atoms with Gasteiger partial charge in [-0.2, -0.15) is 0 Å². The number of rotatable bonds is 7. The molecule has 2 aromatic rings. The van der Waals surface area contributed by atoms with Crippen molar-refractivity contribution >= 4 is 23.5 Å². The summed E-state index contributed by atoms with van der Waals surface area (Å²) in [5.74, 6) is -0.307. The lowest BCUT2D eigenvalue weighted by atomic mass is 10.1. The number of ketones is 1. The molecule has 24 heavy (non-hydrogen) atoms. The molecule has 0 spiro atoms. The Hall–Kier alpha value is -2.41. The topological polar surface area (TPSA) is 78.4 Å². The Balaban J connectivity index is 1.85. The zero-order chi connectivity index (χ0) is 17.5. The maximum atomic E-state index is 12.1. The Morgan fingerprint density at radius 2 is 1.79 bits per heavy atom. The summed E-state index contributed by atoms with van der Waals surface area (Å²) in [5.41, 5.74) is 2.06. The average molecular weight is 346 g/mol. The third-order valence-corrected chi connectivity index (χ3v) is 3.87. The highest BCUT2D eigenvalue weighted by molar-refractivity contribution is 7.99. The number of benzene rings is 1. The van der Waals surface area contributed by atoms with Crippen LogP contribution in [0, 0.1) is 13.8 Å². The fourth-order valence-electron chi connectivity index (χ4n) is 2.02. The molecule has 6 nitrogen and oxygen atoms in total. The lowest BCUT2D eigenvalue weighted by molar-refractivity contribution is -0.139. The molecule has 2 rings (SSSR count). The Morgan fingerprint density at radius 1 is 1.12 bits per heavy atom. The second kappa shape index (κ2) is 8.44. The van der Waals surface area contributed by atoms with Crippen LogP contribution in [0.5, 0.6) is 5.75 Å². The van der Waals surface area contributed by atoms with E-state index in [0.717, 1.165) is 11.4 Å². The number of thioether (sulfide) groups is 1. The van der Waals surface area contributed by atoms with Gasteiger partial charge in [-0.05, 0) is 32.0 Å². The van der Waals surface area contributed by atoms with Crippen molar-refractivity contribution in [2.75, 3.05) is 19.5 Å². The fourth-order valence-corrected chi connectivity index (χ4v) is 2.77. The minimum atomic E-state index is -0.494. The maximum Gasteiger partial charge on any atom is 0.316 e. The lowest BCUT2D eigenvalue weighted by Gasteiger charge is -2.08. The van der Waals surface area contributed by atoms with Gasteiger partial charge in [-0.25, -0.2) is 9.97 Å². The van der Waals surface area contributed by atoms with Crippen LogP contribution in [0.2, 0.25) is 0 Å². The number of para-hydroxylation sites is 1. The van der Waals surface area contributed by atoms with Gasteiger partial charge in [0.15, 0.2) is 11.8 Å². The highest BCUT2D eigenvalue weighted by Crippen LogP contribution is 2.18. The maximum absolute atomic E-state index is 12.1. The molecule has 0 aliphatic rings. The Kier molecular flexibility index (Phi) is 6.31. The van der Waals surface area contributed by atoms with Gasteiger partial charge in [-0.15, -0.1) is 0 Å². The van der Waals surface area contributed by atoms with Crippen LogP contribution in [0.3, 0.4) is 0 Å². The summed E-state index contributed by atoms with van der Waals surface area (Å²) in [6.07, 6.45) is 0. The normalized spacial score (nSPS) is 10.3. The molecule has 1 aromatic heterocycles. The highest BCUT2D eigenvalue weighted by Gasteiger charge is 2.14. The molecule has 0 aliphatic carbocycles. The number of carbonyl (C=O) groups is 2. The van der Waals surface area contributed by atoms with E-state index in [1.165, 1.54) is 18.9 Å². The van der Waals surface area contributed by atoms with Crippen molar-refractivity contribution in [1.82, 2.24) is 9.97 Å². The summed E-state index contributed by atoms with van der Waals surface area (Å²) in [5, 5.41) is 0.514. The summed E-state index contributed by atoms with van der Waals surface area (Å²) in [6, 6.07) is 8.66. The van der Waals surface area contributed by atoms with Gasteiger partial charge in [-0.3, -0.25) is 9.59 Å². The van der Waals surface area contributed by atoms with Gasteiger partial charge < -0.3 is 9.47 Å². The first-order chi connectivity index (χ1) is 11.5. The first-order valence-electron chi connectivity index (χ1n) is 7.26. The zero-order valence-corrected chi connectivity index (χ0v) is 14.6. The van der Waals surface area contributed by atoms with Crippen LogP contribution in [0.4, 0.5) is 0 Å². The van der Waals surface area contributed by atoms with Crippen LogP contribution >= 0.6 is 11.8 Å². The van der Waals surface area contributed by atoms with E-state index in [-0.39, 0.29) is 18.1 Å². The number of nitrogens with zero attached hydrogens (tertiary/aromatic N) is 2. The molecule has 1 heterocycles. The quantitative estimate of drug-likeness (QED) is 0.330. The molecular weight excluding hydrogens is 328 g/mol. The van der Waals surface area contributed by atoms with Crippen molar-refractivity contribution in [2.45, 2.75) is 19.0 Å². The largest absolute Gasteiger partial charge is 0.496 e. The van der Waals surface area contributed by atoms with Gasteiger partial charge in [0.05, 0.1) is 18.4 Å². The molecule has 0 bridgehead atoms. The molecule has 7 heteroatoms. The number of esters is 1. The molecule has 0 atom stereocenters. The van der Waals surface area contributed by atoms with Crippen molar-refractivity contribution in [2.24, 2.45) is 0 Å². The van der Waals surface area contributed by atoms with Crippen LogP contribution in [0.15, 0.2) is 35.5 Å². The fraction of sp³-hybridized carbons (Fsp3) is 0.294. The lowest BCUT2D eigenvalue weighted by Crippen LogP contribution is -2.16. The number of carbonyl (C=O) groups excluding carboxylic acids is 2. The van der Waals surface area contributed by atoms with E-state index in [1.807, 2.05) is 19.9 Å². The number of ether oxygens (including phenoxy) is 2. The molecule has 0 saturated heterocycles. The van der Waals surface area contributed by atoms with Crippen LogP contribution in [0.1, 0.15) is 21.7 Å². The Bertz CT molecular complexity index is 729. The number of aromatic nitrogens is 2. The van der Waals surface area contributed by atoms with Gasteiger partial charge in [0.25, 0.3) is 0 Å². The second-order valence-electron chi connectivity index (χ2n) is 5.01. The molecule has 0 saturated carbocycles. The first kappa shape index (κ1) is 17.9. The highest BCUT2D eigenvalue weighted by atomic mass is 32.2. The molecule has 0 N–H and O–H groups in total. The van der Waals surface area contributed by atoms with Gasteiger partial charge in [-0.1, -0.05) is 23.9 Å². The van der Waals surface area contributed by atoms with E-state index in [1.54, 1.807) is 24.3 Å². The van der Waals surface area contributed by atoms with Gasteiger partial charge in [0.2, 0.25) is 5.78 Å². The molecule has 1 aromatic carbocycles. The third-order valence-electron chi connectivity index (χ3n) is 3.05. The third kappa shape index (κ3) is 5.06. The van der Waals surface area contributed by atoms with Gasteiger partial charge in [0, 0.05) is 11.4 Å². The van der Waals surface area contributed by atoms with Crippen molar-refractivity contribution in [3.63, 3.8) is 0 Å². The Labute approximate surface area is 144 Å². The Morgan fingerprint density at radius 3 is 2.46 bits per heavy atom. The predicted octanol–water partition coefficient (Wildman–Crippen LogP) is 2.62. The molecule has 0 aliphatic heterocycles. The van der Waals surface area contributed by atoms with E-state index < -0.39 is 5.97 Å². The van der Waals surface area contributed by atoms with Gasteiger partial charge in [0.1, 0.15) is 5.75 Å². The zero-order valence-electron chi connectivity index (χ0n) is 13.7. The SMILES string of the molecule is COc1ccccc1C(=O)COC(=O)CSc1nc(C)cc(C)n1. The first-order valence-corrected chi connectivity index (χ1v) is 8.25. The van der Waals surface area contributed by atoms with Crippen LogP contribution < -0.4 is 4.74 Å². The standard InChI is InChI=1S/C17H18N2O4S/c1-11-8-12(2)19-17(18-11)24-10-16(21)23-9-14(20)13-6-4-5-7-15(13)22-3/h4-8H,9-10H2,1-3H3. The number of Topliss-reactive ketones (excluding diaryl/α,β-unsaturated/α-hetero) is 1. The number of methoxy groups -OCH3 is 1. The van der Waals surface area contributed by atoms with E-state index in [4.69, 9.17) is 9.47 Å². The smallest absolute Gasteiger partial charge is 0.316 e. The van der Waals surface area contributed by atoms with Crippen molar-refractivity contribution in [3.05, 3.63) is 47.3 Å². The van der Waals surface area contributed by atoms with E-state index in [9.17, 15) is 9.59 Å². The van der Waals surface area contributed by atoms with Crippen LogP contribution in [-0.2, 0) is 9.53 Å². The summed E-state index contributed by atoms with van der Waals surface area (Å²) >= 11 is 1.18. The summed E-state index contributed by atoms with van der Waals surface area (Å²) in [4.78, 5) is 32.4. The summed E-state index contributed by atoms with van der Waals surface area (Å²) < 4.78 is 10.1. The van der Waals surface area contributed by atoms with E-state index >= 15 is 0 Å². The number of hydrogen-bond acceptors (Lipinski definition) is 7. The van der Waals surface area contributed by atoms with Crippen molar-refractivity contribution < 1.29 is 19.1 Å². The van der Waals surface area contributed by atoms with E-state index in [0.29, 0.717) is 16.5 Å². The molecule has 0 radical (unpaired) electrons. The van der Waals surface area contributed by atoms with E-state index in [2.05, 4.69) is 9.97 Å². The monoisotopic (exact) mass is 346 g/mol. The predicted molar refractivity (Wildman–Crippen MR) is 90.5 cm³/mol. The molecular formula is C17H18N2O4S. The van der Waals surface area contributed by atoms with Crippen LogP contribution in [-0.4, -0.2) is 41.2 Å². The molecule has 0 amide bonds.